The molecule has 4 nitrogen and oxygen atoms in total. The number of anilines is 1. The molecule has 0 saturated heterocycles. The van der Waals surface area contributed by atoms with Gasteiger partial charge in [0.25, 0.3) is 0 Å². The molecule has 4 heteroatoms. The maximum atomic E-state index is 11.3. The van der Waals surface area contributed by atoms with Crippen molar-refractivity contribution in [1.29, 1.82) is 0 Å². The van der Waals surface area contributed by atoms with Crippen LogP contribution in [0.15, 0.2) is 12.1 Å². The highest BCUT2D eigenvalue weighted by Crippen LogP contribution is 2.36. The maximum absolute atomic E-state index is 11.3. The minimum atomic E-state index is 0.289. The van der Waals surface area contributed by atoms with Crippen molar-refractivity contribution in [1.82, 2.24) is 9.55 Å². The standard InChI is InChI=1S/C15H17N3O/c1-10-4-5-11-12(18(10)9-19)6-7-13-15(11)16-14-3-2-8-17(13)14/h6-7,9-10H,2-5,8H2,1H3. The van der Waals surface area contributed by atoms with Crippen LogP contribution in [0.2, 0.25) is 0 Å². The molecule has 1 aromatic carbocycles. The Balaban J connectivity index is 1.98. The third-order valence-electron chi connectivity index (χ3n) is 4.54. The van der Waals surface area contributed by atoms with Crippen molar-refractivity contribution in [3.63, 3.8) is 0 Å². The van der Waals surface area contributed by atoms with Crippen LogP contribution < -0.4 is 4.90 Å². The molecular formula is C15H17N3O. The Morgan fingerprint density at radius 1 is 1.37 bits per heavy atom. The van der Waals surface area contributed by atoms with Crippen molar-refractivity contribution in [3.8, 4) is 0 Å². The van der Waals surface area contributed by atoms with Gasteiger partial charge in [-0.3, -0.25) is 4.79 Å². The van der Waals surface area contributed by atoms with Crippen molar-refractivity contribution in [2.45, 2.75) is 45.2 Å². The minimum absolute atomic E-state index is 0.289. The quantitative estimate of drug-likeness (QED) is 0.733. The highest BCUT2D eigenvalue weighted by molar-refractivity contribution is 5.90. The lowest BCUT2D eigenvalue weighted by atomic mass is 9.96. The van der Waals surface area contributed by atoms with Gasteiger partial charge in [0.05, 0.1) is 11.0 Å². The van der Waals surface area contributed by atoms with E-state index in [1.807, 2.05) is 4.90 Å². The van der Waals surface area contributed by atoms with Gasteiger partial charge in [-0.25, -0.2) is 4.98 Å². The van der Waals surface area contributed by atoms with E-state index in [0.717, 1.165) is 43.4 Å². The van der Waals surface area contributed by atoms with Gasteiger partial charge in [0, 0.05) is 30.3 Å². The summed E-state index contributed by atoms with van der Waals surface area (Å²) in [4.78, 5) is 18.0. The molecule has 1 atom stereocenters. The van der Waals surface area contributed by atoms with Gasteiger partial charge < -0.3 is 9.47 Å². The zero-order valence-electron chi connectivity index (χ0n) is 11.1. The Bertz CT molecular complexity index is 674. The number of aromatic nitrogens is 2. The smallest absolute Gasteiger partial charge is 0.214 e. The molecule has 4 rings (SSSR count). The van der Waals surface area contributed by atoms with Crippen molar-refractivity contribution >= 4 is 23.1 Å². The molecular weight excluding hydrogens is 238 g/mol. The fourth-order valence-electron chi connectivity index (χ4n) is 3.50. The summed E-state index contributed by atoms with van der Waals surface area (Å²) in [6, 6.07) is 4.51. The van der Waals surface area contributed by atoms with E-state index in [1.165, 1.54) is 23.3 Å². The van der Waals surface area contributed by atoms with E-state index in [9.17, 15) is 4.79 Å². The van der Waals surface area contributed by atoms with Gasteiger partial charge in [0.15, 0.2) is 0 Å². The molecule has 0 radical (unpaired) electrons. The van der Waals surface area contributed by atoms with E-state index in [1.54, 1.807) is 0 Å². The molecule has 1 aromatic heterocycles. The van der Waals surface area contributed by atoms with Crippen LogP contribution in [0.5, 0.6) is 0 Å². The number of nitrogens with zero attached hydrogens (tertiary/aromatic N) is 3. The van der Waals surface area contributed by atoms with E-state index in [0.29, 0.717) is 0 Å². The molecule has 0 bridgehead atoms. The second-order valence-electron chi connectivity index (χ2n) is 5.61. The molecule has 0 N–H and O–H groups in total. The number of aryl methyl sites for hydroxylation is 3. The molecule has 0 fully saturated rings. The van der Waals surface area contributed by atoms with Gasteiger partial charge in [-0.15, -0.1) is 0 Å². The summed E-state index contributed by atoms with van der Waals surface area (Å²) in [7, 11) is 0. The summed E-state index contributed by atoms with van der Waals surface area (Å²) in [6.07, 6.45) is 5.28. The third kappa shape index (κ3) is 1.40. The van der Waals surface area contributed by atoms with E-state index in [2.05, 4.69) is 23.6 Å². The summed E-state index contributed by atoms with van der Waals surface area (Å²) >= 11 is 0. The summed E-state index contributed by atoms with van der Waals surface area (Å²) < 4.78 is 2.33. The molecule has 2 aliphatic rings. The summed E-state index contributed by atoms with van der Waals surface area (Å²) in [5.74, 6) is 1.21. The first kappa shape index (κ1) is 11.0. The van der Waals surface area contributed by atoms with Crippen LogP contribution in [0.25, 0.3) is 11.0 Å². The molecule has 0 saturated carbocycles. The topological polar surface area (TPSA) is 38.1 Å². The van der Waals surface area contributed by atoms with Crippen molar-refractivity contribution in [3.05, 3.63) is 23.5 Å². The maximum Gasteiger partial charge on any atom is 0.214 e. The van der Waals surface area contributed by atoms with Gasteiger partial charge in [0.2, 0.25) is 6.41 Å². The Hall–Kier alpha value is -1.84. The predicted octanol–water partition coefficient (Wildman–Crippen LogP) is 2.28. The number of carbonyl (C=O) groups excluding carboxylic acids is 1. The molecule has 19 heavy (non-hydrogen) atoms. The molecule has 2 aliphatic heterocycles. The third-order valence-corrected chi connectivity index (χ3v) is 4.54. The van der Waals surface area contributed by atoms with Gasteiger partial charge >= 0.3 is 0 Å². The van der Waals surface area contributed by atoms with Crippen molar-refractivity contribution in [2.24, 2.45) is 0 Å². The molecule has 2 aromatic rings. The monoisotopic (exact) mass is 255 g/mol. The molecule has 98 valence electrons. The van der Waals surface area contributed by atoms with Gasteiger partial charge in [-0.05, 0) is 38.3 Å². The molecule has 3 heterocycles. The number of hydrogen-bond acceptors (Lipinski definition) is 2. The SMILES string of the molecule is CC1CCc2c(ccc3c2nc2n3CCC2)N1C=O. The average molecular weight is 255 g/mol. The fourth-order valence-corrected chi connectivity index (χ4v) is 3.50. The van der Waals surface area contributed by atoms with Crippen molar-refractivity contribution < 1.29 is 4.79 Å². The molecule has 1 unspecified atom stereocenters. The zero-order chi connectivity index (χ0) is 13.0. The van der Waals surface area contributed by atoms with Crippen LogP contribution in [0, 0.1) is 0 Å². The number of rotatable bonds is 1. The Morgan fingerprint density at radius 3 is 3.11 bits per heavy atom. The summed E-state index contributed by atoms with van der Waals surface area (Å²) in [6.45, 7) is 3.19. The lowest BCUT2D eigenvalue weighted by Crippen LogP contribution is -2.36. The lowest BCUT2D eigenvalue weighted by Gasteiger charge is -2.32. The van der Waals surface area contributed by atoms with Crippen LogP contribution in [0.3, 0.4) is 0 Å². The number of imidazole rings is 1. The summed E-state index contributed by atoms with van der Waals surface area (Å²) in [5, 5.41) is 0. The van der Waals surface area contributed by atoms with E-state index in [-0.39, 0.29) is 6.04 Å². The number of carbonyl (C=O) groups is 1. The molecule has 0 aliphatic carbocycles. The van der Waals surface area contributed by atoms with Gasteiger partial charge in [0.1, 0.15) is 5.82 Å². The highest BCUT2D eigenvalue weighted by atomic mass is 16.1. The van der Waals surface area contributed by atoms with E-state index < -0.39 is 0 Å². The number of amides is 1. The number of fused-ring (bicyclic) bond motifs is 5. The first-order chi connectivity index (χ1) is 9.29. The second kappa shape index (κ2) is 3.83. The van der Waals surface area contributed by atoms with Crippen LogP contribution in [-0.2, 0) is 24.2 Å². The highest BCUT2D eigenvalue weighted by Gasteiger charge is 2.27. The Morgan fingerprint density at radius 2 is 2.26 bits per heavy atom. The fraction of sp³-hybridized carbons (Fsp3) is 0.467. The average Bonchev–Trinajstić information content (AvgIpc) is 2.98. The first-order valence-corrected chi connectivity index (χ1v) is 7.04. The van der Waals surface area contributed by atoms with Gasteiger partial charge in [-0.1, -0.05) is 0 Å². The van der Waals surface area contributed by atoms with Crippen LogP contribution in [-0.4, -0.2) is 22.0 Å². The summed E-state index contributed by atoms with van der Waals surface area (Å²) in [5.41, 5.74) is 4.67. The van der Waals surface area contributed by atoms with Crippen LogP contribution in [0.4, 0.5) is 5.69 Å². The van der Waals surface area contributed by atoms with Crippen LogP contribution >= 0.6 is 0 Å². The zero-order valence-corrected chi connectivity index (χ0v) is 11.1. The van der Waals surface area contributed by atoms with E-state index in [4.69, 9.17) is 4.98 Å². The number of hydrogen-bond donors (Lipinski definition) is 0. The number of benzene rings is 1. The minimum Gasteiger partial charge on any atom is -0.328 e. The largest absolute Gasteiger partial charge is 0.328 e. The Labute approximate surface area is 112 Å². The van der Waals surface area contributed by atoms with E-state index >= 15 is 0 Å². The normalized spacial score (nSPS) is 21.5. The second-order valence-corrected chi connectivity index (χ2v) is 5.61. The van der Waals surface area contributed by atoms with Crippen LogP contribution in [0.1, 0.15) is 31.2 Å². The molecule has 1 amide bonds. The molecule has 0 spiro atoms. The predicted molar refractivity (Wildman–Crippen MR) is 74.4 cm³/mol. The van der Waals surface area contributed by atoms with Crippen molar-refractivity contribution in [2.75, 3.05) is 4.90 Å². The Kier molecular flexibility index (Phi) is 2.22. The van der Waals surface area contributed by atoms with Gasteiger partial charge in [-0.2, -0.15) is 0 Å². The lowest BCUT2D eigenvalue weighted by molar-refractivity contribution is -0.107. The first-order valence-electron chi connectivity index (χ1n) is 7.04.